The van der Waals surface area contributed by atoms with Gasteiger partial charge in [0.15, 0.2) is 0 Å². The number of rotatable bonds is 4. The third-order valence-electron chi connectivity index (χ3n) is 3.89. The van der Waals surface area contributed by atoms with Gasteiger partial charge in [0.05, 0.1) is 0 Å². The molecule has 0 aromatic heterocycles. The first kappa shape index (κ1) is 15.3. The SMILES string of the molecule is CCC(C)CC(=O)N1C(=[Se])O[C@H](c2ccccc2)[C@@H]1C. The molecule has 1 heterocycles. The predicted molar refractivity (Wildman–Crippen MR) is 81.4 cm³/mol. The van der Waals surface area contributed by atoms with Crippen molar-refractivity contribution in [1.82, 2.24) is 4.90 Å². The summed E-state index contributed by atoms with van der Waals surface area (Å²) in [6.45, 7) is 6.25. The molecule has 1 aliphatic rings. The minimum absolute atomic E-state index is 0.0187. The van der Waals surface area contributed by atoms with Gasteiger partial charge in [0.1, 0.15) is 0 Å². The molecule has 1 aliphatic heterocycles. The summed E-state index contributed by atoms with van der Waals surface area (Å²) in [7, 11) is 0. The molecule has 0 saturated carbocycles. The van der Waals surface area contributed by atoms with Crippen molar-refractivity contribution < 1.29 is 9.53 Å². The van der Waals surface area contributed by atoms with Crippen molar-refractivity contribution in [3.8, 4) is 0 Å². The maximum atomic E-state index is 12.4. The standard InChI is InChI=1S/C16H21NO2Se/c1-4-11(2)10-14(18)17-12(3)15(19-16(17)20)13-8-6-5-7-9-13/h5-9,11-12,15H,4,10H2,1-3H3/t11?,12-,15-/m0/s1. The monoisotopic (exact) mass is 339 g/mol. The van der Waals surface area contributed by atoms with E-state index in [1.807, 2.05) is 37.3 Å². The van der Waals surface area contributed by atoms with E-state index in [-0.39, 0.29) is 18.1 Å². The van der Waals surface area contributed by atoms with Crippen LogP contribution in [0.25, 0.3) is 0 Å². The number of ether oxygens (including phenoxy) is 1. The molecular weight excluding hydrogens is 317 g/mol. The van der Waals surface area contributed by atoms with Gasteiger partial charge in [0.2, 0.25) is 0 Å². The number of hydrogen-bond acceptors (Lipinski definition) is 2. The summed E-state index contributed by atoms with van der Waals surface area (Å²) in [5.41, 5.74) is 1.10. The fraction of sp³-hybridized carbons (Fsp3) is 0.500. The van der Waals surface area contributed by atoms with Gasteiger partial charge in [-0.05, 0) is 0 Å². The molecule has 0 aliphatic carbocycles. The quantitative estimate of drug-likeness (QED) is 0.790. The maximum absolute atomic E-state index is 12.4. The molecule has 3 nitrogen and oxygen atoms in total. The Hall–Kier alpha value is -1.12. The molecule has 1 fully saturated rings. The Kier molecular flexibility index (Phi) is 5.00. The van der Waals surface area contributed by atoms with Gasteiger partial charge >= 0.3 is 128 Å². The molecule has 108 valence electrons. The van der Waals surface area contributed by atoms with Crippen LogP contribution in [0.1, 0.15) is 45.3 Å². The number of amides is 1. The van der Waals surface area contributed by atoms with E-state index in [0.29, 0.717) is 17.1 Å². The molecule has 1 saturated heterocycles. The molecule has 0 bridgehead atoms. The third-order valence-corrected chi connectivity index (χ3v) is 4.50. The van der Waals surface area contributed by atoms with E-state index in [2.05, 4.69) is 29.4 Å². The van der Waals surface area contributed by atoms with E-state index < -0.39 is 0 Å². The first-order valence-corrected chi connectivity index (χ1v) is 7.97. The van der Waals surface area contributed by atoms with Crippen molar-refractivity contribution in [3.63, 3.8) is 0 Å². The zero-order chi connectivity index (χ0) is 14.7. The van der Waals surface area contributed by atoms with Crippen LogP contribution in [0, 0.1) is 5.92 Å². The summed E-state index contributed by atoms with van der Waals surface area (Å²) < 4.78 is 6.47. The molecule has 0 spiro atoms. The van der Waals surface area contributed by atoms with Crippen LogP contribution in [0.5, 0.6) is 0 Å². The van der Waals surface area contributed by atoms with Gasteiger partial charge in [-0.2, -0.15) is 0 Å². The first-order chi connectivity index (χ1) is 9.54. The molecule has 1 aromatic rings. The van der Waals surface area contributed by atoms with E-state index >= 15 is 0 Å². The van der Waals surface area contributed by atoms with Crippen molar-refractivity contribution in [2.45, 2.75) is 45.8 Å². The first-order valence-electron chi connectivity index (χ1n) is 7.12. The van der Waals surface area contributed by atoms with E-state index in [4.69, 9.17) is 4.74 Å². The Morgan fingerprint density at radius 1 is 1.40 bits per heavy atom. The van der Waals surface area contributed by atoms with Crippen LogP contribution in [0.15, 0.2) is 30.3 Å². The fourth-order valence-electron chi connectivity index (χ4n) is 2.42. The molecule has 4 heteroatoms. The van der Waals surface area contributed by atoms with E-state index in [9.17, 15) is 4.79 Å². The van der Waals surface area contributed by atoms with Gasteiger partial charge < -0.3 is 0 Å². The van der Waals surface area contributed by atoms with Gasteiger partial charge in [-0.25, -0.2) is 0 Å². The topological polar surface area (TPSA) is 29.5 Å². The number of nitrogens with zero attached hydrogens (tertiary/aromatic N) is 1. The van der Waals surface area contributed by atoms with E-state index in [1.165, 1.54) is 0 Å². The fourth-order valence-corrected chi connectivity index (χ4v) is 3.20. The van der Waals surface area contributed by atoms with Crippen LogP contribution in [-0.4, -0.2) is 37.2 Å². The second-order valence-corrected chi connectivity index (χ2v) is 6.17. The molecule has 20 heavy (non-hydrogen) atoms. The Balaban J connectivity index is 2.13. The number of carbonyl (C=O) groups is 1. The normalized spacial score (nSPS) is 23.6. The third kappa shape index (κ3) is 3.13. The molecule has 1 amide bonds. The minimum atomic E-state index is -0.0895. The average Bonchev–Trinajstić information content (AvgIpc) is 2.74. The zero-order valence-electron chi connectivity index (χ0n) is 12.2. The molecule has 3 atom stereocenters. The van der Waals surface area contributed by atoms with Gasteiger partial charge in [0, 0.05) is 0 Å². The molecule has 0 N–H and O–H groups in total. The zero-order valence-corrected chi connectivity index (χ0v) is 13.9. The molecule has 1 unspecified atom stereocenters. The van der Waals surface area contributed by atoms with Crippen LogP contribution in [0.3, 0.4) is 0 Å². The predicted octanol–water partition coefficient (Wildman–Crippen LogP) is 2.67. The van der Waals surface area contributed by atoms with Crippen LogP contribution >= 0.6 is 0 Å². The van der Waals surface area contributed by atoms with Crippen molar-refractivity contribution in [2.24, 2.45) is 5.92 Å². The summed E-state index contributed by atoms with van der Waals surface area (Å²) in [6.07, 6.45) is 1.49. The summed E-state index contributed by atoms with van der Waals surface area (Å²) in [5, 5.41) is 0. The number of hydrogen-bond donors (Lipinski definition) is 0. The Morgan fingerprint density at radius 3 is 2.65 bits per heavy atom. The summed E-state index contributed by atoms with van der Waals surface area (Å²) >= 11 is 2.89. The molecule has 1 aromatic carbocycles. The van der Waals surface area contributed by atoms with Crippen LogP contribution < -0.4 is 0 Å². The van der Waals surface area contributed by atoms with Gasteiger partial charge in [0.25, 0.3) is 0 Å². The Morgan fingerprint density at radius 2 is 2.05 bits per heavy atom. The second kappa shape index (κ2) is 6.55. The summed E-state index contributed by atoms with van der Waals surface area (Å²) in [4.78, 5) is 14.2. The van der Waals surface area contributed by atoms with Crippen molar-refractivity contribution >= 4 is 26.2 Å². The molecular formula is C16H21NO2Se. The summed E-state index contributed by atoms with van der Waals surface area (Å²) in [6, 6.07) is 10.1. The summed E-state index contributed by atoms with van der Waals surface area (Å²) in [5.74, 6) is 0.539. The Labute approximate surface area is 128 Å². The van der Waals surface area contributed by atoms with Crippen molar-refractivity contribution in [2.75, 3.05) is 0 Å². The number of benzene rings is 1. The van der Waals surface area contributed by atoms with Crippen molar-refractivity contribution in [3.05, 3.63) is 35.9 Å². The Bertz CT molecular complexity index is 489. The van der Waals surface area contributed by atoms with E-state index in [1.54, 1.807) is 4.90 Å². The van der Waals surface area contributed by atoms with Crippen molar-refractivity contribution in [1.29, 1.82) is 0 Å². The number of carbonyl (C=O) groups excluding carboxylic acids is 1. The van der Waals surface area contributed by atoms with E-state index in [0.717, 1.165) is 12.0 Å². The van der Waals surface area contributed by atoms with Crippen LogP contribution in [-0.2, 0) is 9.53 Å². The average molecular weight is 338 g/mol. The van der Waals surface area contributed by atoms with Gasteiger partial charge in [-0.15, -0.1) is 0 Å². The van der Waals surface area contributed by atoms with Crippen LogP contribution in [0.4, 0.5) is 0 Å². The van der Waals surface area contributed by atoms with Gasteiger partial charge in [-0.1, -0.05) is 0 Å². The second-order valence-electron chi connectivity index (χ2n) is 5.44. The van der Waals surface area contributed by atoms with Gasteiger partial charge in [-0.3, -0.25) is 0 Å². The molecule has 2 rings (SSSR count). The molecule has 0 radical (unpaired) electrons. The van der Waals surface area contributed by atoms with Crippen LogP contribution in [0.2, 0.25) is 0 Å².